The third-order valence-corrected chi connectivity index (χ3v) is 8.22. The number of nitrogens with one attached hydrogen (secondary N) is 5. The maximum atomic E-state index is 12.1. The van der Waals surface area contributed by atoms with Crippen molar-refractivity contribution < 1.29 is 4.74 Å². The molecule has 1 fully saturated rings. The Bertz CT molecular complexity index is 1350. The first-order valence-electron chi connectivity index (χ1n) is 11.0. The van der Waals surface area contributed by atoms with E-state index in [4.69, 9.17) is 4.74 Å². The van der Waals surface area contributed by atoms with E-state index in [1.807, 2.05) is 0 Å². The molecule has 0 saturated carbocycles. The Labute approximate surface area is 188 Å². The van der Waals surface area contributed by atoms with E-state index in [9.17, 15) is 9.59 Å². The summed E-state index contributed by atoms with van der Waals surface area (Å²) in [4.78, 5) is 29.8. The molecular weight excluding hydrogens is 426 g/mol. The molecule has 2 aliphatic heterocycles. The molecule has 2 aromatic heterocycles. The second-order valence-electron chi connectivity index (χ2n) is 8.78. The lowest BCUT2D eigenvalue weighted by Crippen LogP contribution is -2.30. The van der Waals surface area contributed by atoms with Gasteiger partial charge < -0.3 is 20.5 Å². The van der Waals surface area contributed by atoms with Crippen molar-refractivity contribution in [3.63, 3.8) is 0 Å². The topological polar surface area (TPSA) is 111 Å². The van der Waals surface area contributed by atoms with E-state index in [1.165, 1.54) is 28.9 Å². The molecule has 1 saturated heterocycles. The van der Waals surface area contributed by atoms with E-state index < -0.39 is 5.69 Å². The Balaban J connectivity index is 1.24. The molecule has 0 radical (unpaired) electrons. The van der Waals surface area contributed by atoms with Crippen LogP contribution in [-0.2, 0) is 6.42 Å². The van der Waals surface area contributed by atoms with Crippen LogP contribution >= 0.6 is 11.3 Å². The van der Waals surface area contributed by atoms with Crippen molar-refractivity contribution in [1.82, 2.24) is 20.7 Å². The molecule has 5 N–H and O–H groups in total. The fourth-order valence-corrected chi connectivity index (χ4v) is 6.72. The Morgan fingerprint density at radius 1 is 1.19 bits per heavy atom. The van der Waals surface area contributed by atoms with Crippen LogP contribution in [0.4, 0.5) is 5.69 Å². The third-order valence-electron chi connectivity index (χ3n) is 7.08. The SMILES string of the molecule is COc1cccc2c1CC[C@H]1CNC(CCC3=Cc4sc5c(=O)[nH]c(=O)[nH]c5c4NN3)[C@@H]21. The average Bonchev–Trinajstić information content (AvgIpc) is 3.38. The lowest BCUT2D eigenvalue weighted by Gasteiger charge is -2.32. The summed E-state index contributed by atoms with van der Waals surface area (Å²) in [5, 5.41) is 3.77. The Morgan fingerprint density at radius 2 is 2.09 bits per heavy atom. The number of benzene rings is 1. The minimum absolute atomic E-state index is 0.354. The van der Waals surface area contributed by atoms with Gasteiger partial charge in [-0.15, -0.1) is 11.3 Å². The smallest absolute Gasteiger partial charge is 0.326 e. The molecule has 3 aliphatic rings. The van der Waals surface area contributed by atoms with Crippen LogP contribution in [0.5, 0.6) is 5.75 Å². The highest BCUT2D eigenvalue weighted by molar-refractivity contribution is 7.20. The maximum absolute atomic E-state index is 12.1. The number of aromatic amines is 2. The minimum Gasteiger partial charge on any atom is -0.496 e. The van der Waals surface area contributed by atoms with Crippen LogP contribution in [0, 0.1) is 5.92 Å². The molecule has 1 aliphatic carbocycles. The fraction of sp³-hybridized carbons (Fsp3) is 0.391. The van der Waals surface area contributed by atoms with Gasteiger partial charge in [-0.05, 0) is 61.4 Å². The monoisotopic (exact) mass is 451 g/mol. The highest BCUT2D eigenvalue weighted by Crippen LogP contribution is 2.45. The Morgan fingerprint density at radius 3 is 2.97 bits per heavy atom. The first-order chi connectivity index (χ1) is 15.6. The first-order valence-corrected chi connectivity index (χ1v) is 11.8. The lowest BCUT2D eigenvalue weighted by molar-refractivity contribution is 0.377. The van der Waals surface area contributed by atoms with Crippen molar-refractivity contribution in [3.8, 4) is 5.75 Å². The molecular formula is C23H25N5O3S. The van der Waals surface area contributed by atoms with Crippen molar-refractivity contribution >= 4 is 33.3 Å². The number of H-pyrrole nitrogens is 2. The number of fused-ring (bicyclic) bond motifs is 6. The fourth-order valence-electron chi connectivity index (χ4n) is 5.64. The van der Waals surface area contributed by atoms with Gasteiger partial charge in [-0.2, -0.15) is 0 Å². The van der Waals surface area contributed by atoms with E-state index in [0.29, 0.717) is 28.1 Å². The second-order valence-corrected chi connectivity index (χ2v) is 9.83. The van der Waals surface area contributed by atoms with Crippen LogP contribution in [0.25, 0.3) is 16.3 Å². The maximum Gasteiger partial charge on any atom is 0.326 e. The summed E-state index contributed by atoms with van der Waals surface area (Å²) < 4.78 is 6.15. The predicted molar refractivity (Wildman–Crippen MR) is 126 cm³/mol. The first kappa shape index (κ1) is 19.6. The van der Waals surface area contributed by atoms with Gasteiger partial charge in [0, 0.05) is 17.7 Å². The van der Waals surface area contributed by atoms with Crippen LogP contribution < -0.4 is 32.2 Å². The van der Waals surface area contributed by atoms with Gasteiger partial charge in [-0.1, -0.05) is 12.1 Å². The molecule has 1 aromatic carbocycles. The summed E-state index contributed by atoms with van der Waals surface area (Å²) in [7, 11) is 1.76. The molecule has 8 nitrogen and oxygen atoms in total. The zero-order chi connectivity index (χ0) is 21.8. The van der Waals surface area contributed by atoms with E-state index in [2.05, 4.69) is 50.4 Å². The molecule has 0 amide bonds. The summed E-state index contributed by atoms with van der Waals surface area (Å²) in [6, 6.07) is 6.87. The predicted octanol–water partition coefficient (Wildman–Crippen LogP) is 2.66. The van der Waals surface area contributed by atoms with Crippen LogP contribution in [0.2, 0.25) is 0 Å². The molecule has 0 bridgehead atoms. The van der Waals surface area contributed by atoms with Crippen molar-refractivity contribution in [2.45, 2.75) is 37.6 Å². The molecule has 9 heteroatoms. The Kier molecular flexibility index (Phi) is 4.62. The highest BCUT2D eigenvalue weighted by Gasteiger charge is 2.40. The standard InChI is InChI=1S/C23H25N5O3S/c1-31-16-4-2-3-14-13(16)7-5-11-10-24-15(18(11)14)8-6-12-9-17-19(28-27-12)20-21(32-17)22(29)26-23(30)25-20/h2-4,9,11,15,18,24,27-28H,5-8,10H2,1H3,(H2,25,26,29,30)/t11-,15?,18+/m0/s1. The number of hydrogen-bond acceptors (Lipinski definition) is 7. The number of rotatable bonds is 4. The third kappa shape index (κ3) is 3.07. The number of hydrazine groups is 1. The largest absolute Gasteiger partial charge is 0.496 e. The van der Waals surface area contributed by atoms with Crippen molar-refractivity contribution in [1.29, 1.82) is 0 Å². The van der Waals surface area contributed by atoms with Crippen LogP contribution in [0.15, 0.2) is 33.5 Å². The molecule has 32 heavy (non-hydrogen) atoms. The minimum atomic E-state index is -0.495. The van der Waals surface area contributed by atoms with Gasteiger partial charge in [0.1, 0.15) is 10.4 Å². The molecule has 4 heterocycles. The van der Waals surface area contributed by atoms with Gasteiger partial charge in [-0.25, -0.2) is 4.79 Å². The number of methoxy groups -OCH3 is 1. The van der Waals surface area contributed by atoms with Crippen molar-refractivity contribution in [3.05, 3.63) is 60.7 Å². The number of thiophene rings is 1. The number of aromatic nitrogens is 2. The lowest BCUT2D eigenvalue weighted by atomic mass is 9.73. The summed E-state index contributed by atoms with van der Waals surface area (Å²) in [5.41, 5.74) is 10.8. The van der Waals surface area contributed by atoms with E-state index >= 15 is 0 Å². The Hall–Kier alpha value is -3.04. The molecule has 3 aromatic rings. The quantitative estimate of drug-likeness (QED) is 0.417. The van der Waals surface area contributed by atoms with Gasteiger partial charge in [0.2, 0.25) is 0 Å². The molecule has 166 valence electrons. The van der Waals surface area contributed by atoms with E-state index in [1.54, 1.807) is 7.11 Å². The normalized spacial score (nSPS) is 23.5. The molecule has 3 atom stereocenters. The molecule has 0 spiro atoms. The van der Waals surface area contributed by atoms with Crippen LogP contribution in [-0.4, -0.2) is 29.7 Å². The highest BCUT2D eigenvalue weighted by atomic mass is 32.1. The van der Waals surface area contributed by atoms with Crippen molar-refractivity contribution in [2.24, 2.45) is 5.92 Å². The van der Waals surface area contributed by atoms with E-state index in [0.717, 1.165) is 47.8 Å². The zero-order valence-electron chi connectivity index (χ0n) is 17.7. The average molecular weight is 452 g/mol. The van der Waals surface area contributed by atoms with Crippen LogP contribution in [0.3, 0.4) is 0 Å². The summed E-state index contributed by atoms with van der Waals surface area (Å²) in [6.07, 6.45) is 6.26. The summed E-state index contributed by atoms with van der Waals surface area (Å²) >= 11 is 1.39. The number of allylic oxidation sites excluding steroid dienone is 1. The molecule has 1 unspecified atom stereocenters. The van der Waals surface area contributed by atoms with Gasteiger partial charge in [0.25, 0.3) is 5.56 Å². The number of anilines is 1. The van der Waals surface area contributed by atoms with Gasteiger partial charge in [-0.3, -0.25) is 15.2 Å². The number of ether oxygens (including phenoxy) is 1. The van der Waals surface area contributed by atoms with Gasteiger partial charge in [0.15, 0.2) is 0 Å². The number of hydrogen-bond donors (Lipinski definition) is 5. The summed E-state index contributed by atoms with van der Waals surface area (Å²) in [6.45, 7) is 1.06. The van der Waals surface area contributed by atoms with Gasteiger partial charge in [0.05, 0.1) is 23.2 Å². The second kappa shape index (κ2) is 7.53. The van der Waals surface area contributed by atoms with E-state index in [-0.39, 0.29) is 5.56 Å². The summed E-state index contributed by atoms with van der Waals surface area (Å²) in [5.74, 6) is 2.19. The van der Waals surface area contributed by atoms with Crippen molar-refractivity contribution in [2.75, 3.05) is 19.1 Å². The van der Waals surface area contributed by atoms with Crippen LogP contribution in [0.1, 0.15) is 41.2 Å². The zero-order valence-corrected chi connectivity index (χ0v) is 18.5. The van der Waals surface area contributed by atoms with Gasteiger partial charge >= 0.3 is 5.69 Å². The molecule has 6 rings (SSSR count).